The lowest BCUT2D eigenvalue weighted by molar-refractivity contribution is 1.02. The first-order chi connectivity index (χ1) is 9.97. The van der Waals surface area contributed by atoms with Gasteiger partial charge < -0.3 is 11.1 Å². The van der Waals surface area contributed by atoms with Gasteiger partial charge in [-0.2, -0.15) is 0 Å². The van der Waals surface area contributed by atoms with Crippen molar-refractivity contribution in [1.82, 2.24) is 0 Å². The molecule has 0 amide bonds. The Morgan fingerprint density at radius 1 is 1.19 bits per heavy atom. The molecule has 3 N–H and O–H groups in total. The number of hydrogen-bond donors (Lipinski definition) is 2. The van der Waals surface area contributed by atoms with Crippen molar-refractivity contribution in [2.24, 2.45) is 5.73 Å². The van der Waals surface area contributed by atoms with Crippen LogP contribution in [-0.2, 0) is 6.42 Å². The van der Waals surface area contributed by atoms with Crippen molar-refractivity contribution in [3.05, 3.63) is 62.0 Å². The number of nitrogens with two attached hydrogens (primary N) is 1. The fourth-order valence-corrected chi connectivity index (χ4v) is 2.98. The lowest BCUT2D eigenvalue weighted by Gasteiger charge is -2.12. The van der Waals surface area contributed by atoms with Gasteiger partial charge in [0.05, 0.1) is 0 Å². The molecule has 0 saturated heterocycles. The first kappa shape index (κ1) is 16.6. The maximum absolute atomic E-state index is 6.16. The summed E-state index contributed by atoms with van der Waals surface area (Å²) in [6.45, 7) is 0.716. The van der Waals surface area contributed by atoms with E-state index in [9.17, 15) is 0 Å². The molecule has 0 spiro atoms. The van der Waals surface area contributed by atoms with Gasteiger partial charge in [-0.3, -0.25) is 0 Å². The summed E-state index contributed by atoms with van der Waals surface area (Å²) in [4.78, 5) is 0.370. The molecule has 0 aliphatic heterocycles. The molecule has 2 aromatic carbocycles. The molecular weight excluding hydrogens is 391 g/mol. The highest BCUT2D eigenvalue weighted by Crippen LogP contribution is 2.23. The standard InChI is InChI=1S/C15H13BrCl2N2S/c16-10-2-4-12(15(19)21)14(7-10)20-6-5-9-1-3-11(17)8-13(9)18/h1-4,7-8,20H,5-6H2,(H2,19,21). The lowest BCUT2D eigenvalue weighted by atomic mass is 10.1. The van der Waals surface area contributed by atoms with E-state index in [1.165, 1.54) is 0 Å². The molecule has 0 aliphatic carbocycles. The number of thiocarbonyl (C=S) groups is 1. The third-order valence-electron chi connectivity index (χ3n) is 2.97. The van der Waals surface area contributed by atoms with E-state index in [0.29, 0.717) is 21.6 Å². The number of anilines is 1. The number of hydrogen-bond acceptors (Lipinski definition) is 2. The average Bonchev–Trinajstić information content (AvgIpc) is 2.41. The number of halogens is 3. The monoisotopic (exact) mass is 402 g/mol. The molecule has 6 heteroatoms. The summed E-state index contributed by atoms with van der Waals surface area (Å²) in [5.41, 5.74) is 8.50. The summed E-state index contributed by atoms with van der Waals surface area (Å²) in [6.07, 6.45) is 0.777. The van der Waals surface area contributed by atoms with Crippen molar-refractivity contribution in [3.63, 3.8) is 0 Å². The van der Waals surface area contributed by atoms with E-state index >= 15 is 0 Å². The molecule has 21 heavy (non-hydrogen) atoms. The Balaban J connectivity index is 2.06. The topological polar surface area (TPSA) is 38.0 Å². The second kappa shape index (κ2) is 7.45. The predicted molar refractivity (Wildman–Crippen MR) is 98.7 cm³/mol. The molecule has 2 nitrogen and oxygen atoms in total. The van der Waals surface area contributed by atoms with E-state index in [1.54, 1.807) is 6.07 Å². The van der Waals surface area contributed by atoms with Gasteiger partial charge in [-0.05, 0) is 42.3 Å². The minimum atomic E-state index is 0.370. The Labute approximate surface area is 147 Å². The fourth-order valence-electron chi connectivity index (χ4n) is 1.93. The highest BCUT2D eigenvalue weighted by Gasteiger charge is 2.06. The maximum atomic E-state index is 6.16. The van der Waals surface area contributed by atoms with Gasteiger partial charge in [-0.25, -0.2) is 0 Å². The molecule has 2 aromatic rings. The molecule has 0 unspecified atom stereocenters. The third kappa shape index (κ3) is 4.58. The van der Waals surface area contributed by atoms with Crippen molar-refractivity contribution < 1.29 is 0 Å². The van der Waals surface area contributed by atoms with Crippen LogP contribution in [0.15, 0.2) is 40.9 Å². The lowest BCUT2D eigenvalue weighted by Crippen LogP contribution is -2.14. The van der Waals surface area contributed by atoms with Gasteiger partial charge in [0.1, 0.15) is 4.99 Å². The molecule has 0 atom stereocenters. The summed E-state index contributed by atoms with van der Waals surface area (Å²) < 4.78 is 0.967. The van der Waals surface area contributed by atoms with Gasteiger partial charge >= 0.3 is 0 Å². The van der Waals surface area contributed by atoms with Gasteiger partial charge in [-0.15, -0.1) is 0 Å². The molecule has 0 aliphatic rings. The third-order valence-corrected chi connectivity index (χ3v) is 4.27. The van der Waals surface area contributed by atoms with E-state index in [-0.39, 0.29) is 0 Å². The fraction of sp³-hybridized carbons (Fsp3) is 0.133. The maximum Gasteiger partial charge on any atom is 0.106 e. The smallest absolute Gasteiger partial charge is 0.106 e. The first-order valence-electron chi connectivity index (χ1n) is 6.24. The second-order valence-corrected chi connectivity index (χ2v) is 6.67. The Bertz CT molecular complexity index is 677. The molecule has 2 rings (SSSR count). The Morgan fingerprint density at radius 2 is 1.95 bits per heavy atom. The summed E-state index contributed by atoms with van der Waals surface area (Å²) >= 11 is 20.5. The molecule has 110 valence electrons. The quantitative estimate of drug-likeness (QED) is 0.686. The number of rotatable bonds is 5. The highest BCUT2D eigenvalue weighted by atomic mass is 79.9. The summed E-state index contributed by atoms with van der Waals surface area (Å²) in [6, 6.07) is 11.3. The van der Waals surface area contributed by atoms with E-state index in [1.807, 2.05) is 30.3 Å². The Morgan fingerprint density at radius 3 is 2.62 bits per heavy atom. The first-order valence-corrected chi connectivity index (χ1v) is 8.20. The van der Waals surface area contributed by atoms with Gasteiger partial charge in [0.25, 0.3) is 0 Å². The second-order valence-electron chi connectivity index (χ2n) is 4.47. The molecule has 0 aromatic heterocycles. The van der Waals surface area contributed by atoms with Crippen LogP contribution in [0.2, 0.25) is 10.0 Å². The SMILES string of the molecule is NC(=S)c1ccc(Br)cc1NCCc1ccc(Cl)cc1Cl. The van der Waals surface area contributed by atoms with Crippen LogP contribution in [0.5, 0.6) is 0 Å². The molecule has 0 radical (unpaired) electrons. The van der Waals surface area contributed by atoms with Crippen molar-refractivity contribution in [2.45, 2.75) is 6.42 Å². The van der Waals surface area contributed by atoms with Crippen LogP contribution in [0.1, 0.15) is 11.1 Å². The van der Waals surface area contributed by atoms with Crippen LogP contribution in [-0.4, -0.2) is 11.5 Å². The normalized spacial score (nSPS) is 10.4. The molecule has 0 fully saturated rings. The van der Waals surface area contributed by atoms with Crippen LogP contribution in [0, 0.1) is 0 Å². The zero-order chi connectivity index (χ0) is 15.4. The van der Waals surface area contributed by atoms with Gasteiger partial charge in [0.15, 0.2) is 0 Å². The molecule has 0 heterocycles. The average molecular weight is 404 g/mol. The van der Waals surface area contributed by atoms with Crippen molar-refractivity contribution in [3.8, 4) is 0 Å². The molecule has 0 bridgehead atoms. The van der Waals surface area contributed by atoms with Gasteiger partial charge in [0, 0.05) is 32.3 Å². The number of benzene rings is 2. The minimum absolute atomic E-state index is 0.370. The van der Waals surface area contributed by atoms with Crippen LogP contribution < -0.4 is 11.1 Å². The van der Waals surface area contributed by atoms with E-state index in [2.05, 4.69) is 21.2 Å². The zero-order valence-corrected chi connectivity index (χ0v) is 14.9. The number of nitrogens with one attached hydrogen (secondary N) is 1. The van der Waals surface area contributed by atoms with Crippen LogP contribution in [0.25, 0.3) is 0 Å². The van der Waals surface area contributed by atoms with Gasteiger partial charge in [0.2, 0.25) is 0 Å². The van der Waals surface area contributed by atoms with Crippen molar-refractivity contribution in [1.29, 1.82) is 0 Å². The summed E-state index contributed by atoms with van der Waals surface area (Å²) in [5.74, 6) is 0. The predicted octanol–water partition coefficient (Wildman–Crippen LogP) is 5.04. The van der Waals surface area contributed by atoms with E-state index in [4.69, 9.17) is 41.2 Å². The van der Waals surface area contributed by atoms with Crippen LogP contribution in [0.4, 0.5) is 5.69 Å². The van der Waals surface area contributed by atoms with Crippen LogP contribution in [0.3, 0.4) is 0 Å². The van der Waals surface area contributed by atoms with E-state index < -0.39 is 0 Å². The largest absolute Gasteiger partial charge is 0.389 e. The summed E-state index contributed by atoms with van der Waals surface area (Å²) in [7, 11) is 0. The van der Waals surface area contributed by atoms with Crippen LogP contribution >= 0.6 is 51.3 Å². The highest BCUT2D eigenvalue weighted by molar-refractivity contribution is 9.10. The van der Waals surface area contributed by atoms with Crippen molar-refractivity contribution in [2.75, 3.05) is 11.9 Å². The Kier molecular flexibility index (Phi) is 5.88. The summed E-state index contributed by atoms with van der Waals surface area (Å²) in [5, 5.41) is 4.65. The van der Waals surface area contributed by atoms with E-state index in [0.717, 1.165) is 27.7 Å². The Hall–Kier alpha value is -0.810. The molecular formula is C15H13BrCl2N2S. The minimum Gasteiger partial charge on any atom is -0.389 e. The zero-order valence-electron chi connectivity index (χ0n) is 11.0. The van der Waals surface area contributed by atoms with Gasteiger partial charge in [-0.1, -0.05) is 57.4 Å². The molecule has 0 saturated carbocycles. The van der Waals surface area contributed by atoms with Crippen molar-refractivity contribution >= 4 is 62.0 Å².